The number of furan rings is 1. The SMILES string of the molecule is CCc1ccc(C(O)c2cnn(C)c2)o1. The Hall–Kier alpha value is -1.55. The minimum absolute atomic E-state index is 0.569. The van der Waals surface area contributed by atoms with Crippen LogP contribution in [0.4, 0.5) is 0 Å². The molecule has 1 N–H and O–H groups in total. The van der Waals surface area contributed by atoms with Crippen LogP contribution in [0.3, 0.4) is 0 Å². The molecule has 15 heavy (non-hydrogen) atoms. The van der Waals surface area contributed by atoms with E-state index >= 15 is 0 Å². The fourth-order valence-electron chi connectivity index (χ4n) is 1.48. The number of aromatic nitrogens is 2. The van der Waals surface area contributed by atoms with Crippen molar-refractivity contribution in [3.63, 3.8) is 0 Å². The first-order valence-electron chi connectivity index (χ1n) is 4.96. The van der Waals surface area contributed by atoms with Gasteiger partial charge in [0.2, 0.25) is 0 Å². The maximum Gasteiger partial charge on any atom is 0.140 e. The number of hydrogen-bond acceptors (Lipinski definition) is 3. The first-order chi connectivity index (χ1) is 7.20. The van der Waals surface area contributed by atoms with Gasteiger partial charge in [-0.15, -0.1) is 0 Å². The summed E-state index contributed by atoms with van der Waals surface area (Å²) in [5.41, 5.74) is 0.745. The predicted octanol–water partition coefficient (Wildman–Crippen LogP) is 1.66. The van der Waals surface area contributed by atoms with Crippen LogP contribution in [-0.2, 0) is 13.5 Å². The van der Waals surface area contributed by atoms with Gasteiger partial charge in [0.05, 0.1) is 6.20 Å². The largest absolute Gasteiger partial charge is 0.463 e. The van der Waals surface area contributed by atoms with E-state index in [1.807, 2.05) is 20.0 Å². The topological polar surface area (TPSA) is 51.2 Å². The zero-order valence-corrected chi connectivity index (χ0v) is 8.84. The Kier molecular flexibility index (Phi) is 2.60. The van der Waals surface area contributed by atoms with Crippen LogP contribution in [0, 0.1) is 0 Å². The maximum absolute atomic E-state index is 9.97. The van der Waals surface area contributed by atoms with Crippen LogP contribution in [0.5, 0.6) is 0 Å². The van der Waals surface area contributed by atoms with Crippen LogP contribution in [0.15, 0.2) is 28.9 Å². The molecule has 0 aliphatic carbocycles. The van der Waals surface area contributed by atoms with E-state index in [0.717, 1.165) is 17.7 Å². The Bertz CT molecular complexity index is 445. The minimum atomic E-state index is -0.723. The molecule has 2 heterocycles. The summed E-state index contributed by atoms with van der Waals surface area (Å²) >= 11 is 0. The highest BCUT2D eigenvalue weighted by molar-refractivity contribution is 5.20. The minimum Gasteiger partial charge on any atom is -0.463 e. The van der Waals surface area contributed by atoms with E-state index in [2.05, 4.69) is 5.10 Å². The van der Waals surface area contributed by atoms with E-state index < -0.39 is 6.10 Å². The summed E-state index contributed by atoms with van der Waals surface area (Å²) in [5, 5.41) is 14.0. The number of hydrogen-bond donors (Lipinski definition) is 1. The van der Waals surface area contributed by atoms with Crippen LogP contribution < -0.4 is 0 Å². The maximum atomic E-state index is 9.97. The second-order valence-electron chi connectivity index (χ2n) is 3.51. The third-order valence-electron chi connectivity index (χ3n) is 2.34. The van der Waals surface area contributed by atoms with Gasteiger partial charge in [0.1, 0.15) is 17.6 Å². The number of aliphatic hydroxyl groups excluding tert-OH is 1. The third-order valence-corrected chi connectivity index (χ3v) is 2.34. The predicted molar refractivity (Wildman–Crippen MR) is 55.4 cm³/mol. The molecular formula is C11H14N2O2. The van der Waals surface area contributed by atoms with E-state index in [1.165, 1.54) is 0 Å². The van der Waals surface area contributed by atoms with Gasteiger partial charge >= 0.3 is 0 Å². The summed E-state index contributed by atoms with van der Waals surface area (Å²) in [6.07, 6.45) is 3.52. The first-order valence-corrected chi connectivity index (χ1v) is 4.96. The molecule has 4 heteroatoms. The zero-order chi connectivity index (χ0) is 10.8. The number of aryl methyl sites for hydroxylation is 2. The van der Waals surface area contributed by atoms with Crippen LogP contribution in [0.25, 0.3) is 0 Å². The Morgan fingerprint density at radius 1 is 1.53 bits per heavy atom. The lowest BCUT2D eigenvalue weighted by atomic mass is 10.1. The van der Waals surface area contributed by atoms with Gasteiger partial charge in [0, 0.05) is 25.2 Å². The van der Waals surface area contributed by atoms with Crippen LogP contribution in [-0.4, -0.2) is 14.9 Å². The van der Waals surface area contributed by atoms with Crippen molar-refractivity contribution < 1.29 is 9.52 Å². The molecule has 0 fully saturated rings. The molecule has 2 aromatic rings. The first kappa shape index (κ1) is 9.98. The average Bonchev–Trinajstić information content (AvgIpc) is 2.84. The number of aliphatic hydroxyl groups is 1. The van der Waals surface area contributed by atoms with Crippen LogP contribution >= 0.6 is 0 Å². The molecule has 0 amide bonds. The molecule has 1 unspecified atom stereocenters. The summed E-state index contributed by atoms with van der Waals surface area (Å²) in [6, 6.07) is 3.69. The van der Waals surface area contributed by atoms with Gasteiger partial charge in [-0.05, 0) is 12.1 Å². The van der Waals surface area contributed by atoms with Gasteiger partial charge in [0.25, 0.3) is 0 Å². The summed E-state index contributed by atoms with van der Waals surface area (Å²) in [7, 11) is 1.82. The van der Waals surface area contributed by atoms with Crippen molar-refractivity contribution in [1.29, 1.82) is 0 Å². The molecule has 0 saturated carbocycles. The second kappa shape index (κ2) is 3.90. The lowest BCUT2D eigenvalue weighted by Gasteiger charge is -2.03. The van der Waals surface area contributed by atoms with Gasteiger partial charge in [-0.2, -0.15) is 5.10 Å². The van der Waals surface area contributed by atoms with E-state index in [9.17, 15) is 5.11 Å². The van der Waals surface area contributed by atoms with E-state index in [-0.39, 0.29) is 0 Å². The Morgan fingerprint density at radius 3 is 2.87 bits per heavy atom. The standard InChI is InChI=1S/C11H14N2O2/c1-3-9-4-5-10(15-9)11(14)8-6-12-13(2)7-8/h4-7,11,14H,3H2,1-2H3. The monoisotopic (exact) mass is 206 g/mol. The fourth-order valence-corrected chi connectivity index (χ4v) is 1.48. The van der Waals surface area contributed by atoms with Crippen molar-refractivity contribution in [3.05, 3.63) is 41.6 Å². The quantitative estimate of drug-likeness (QED) is 0.830. The normalized spacial score (nSPS) is 13.0. The molecule has 0 aliphatic rings. The summed E-state index contributed by atoms with van der Waals surface area (Å²) < 4.78 is 7.13. The van der Waals surface area contributed by atoms with E-state index in [4.69, 9.17) is 4.42 Å². The molecule has 80 valence electrons. The average molecular weight is 206 g/mol. The molecule has 0 spiro atoms. The highest BCUT2D eigenvalue weighted by Crippen LogP contribution is 2.23. The Balaban J connectivity index is 2.23. The zero-order valence-electron chi connectivity index (χ0n) is 8.84. The van der Waals surface area contributed by atoms with E-state index in [0.29, 0.717) is 5.76 Å². The van der Waals surface area contributed by atoms with Crippen LogP contribution in [0.2, 0.25) is 0 Å². The second-order valence-corrected chi connectivity index (χ2v) is 3.51. The van der Waals surface area contributed by atoms with Gasteiger partial charge in [-0.3, -0.25) is 4.68 Å². The Labute approximate surface area is 88.1 Å². The van der Waals surface area contributed by atoms with Crippen molar-refractivity contribution in [1.82, 2.24) is 9.78 Å². The highest BCUT2D eigenvalue weighted by Gasteiger charge is 2.15. The molecule has 4 nitrogen and oxygen atoms in total. The third kappa shape index (κ3) is 1.94. The van der Waals surface area contributed by atoms with Crippen LogP contribution in [0.1, 0.15) is 30.1 Å². The van der Waals surface area contributed by atoms with Crippen molar-refractivity contribution in [2.24, 2.45) is 7.05 Å². The van der Waals surface area contributed by atoms with Crippen molar-refractivity contribution in [2.45, 2.75) is 19.4 Å². The van der Waals surface area contributed by atoms with Gasteiger partial charge < -0.3 is 9.52 Å². The molecule has 2 rings (SSSR count). The molecule has 0 aliphatic heterocycles. The summed E-state index contributed by atoms with van der Waals surface area (Å²) in [4.78, 5) is 0. The van der Waals surface area contributed by atoms with Crippen molar-refractivity contribution in [2.75, 3.05) is 0 Å². The van der Waals surface area contributed by atoms with Gasteiger partial charge in [0.15, 0.2) is 0 Å². The summed E-state index contributed by atoms with van der Waals surface area (Å²) in [6.45, 7) is 2.01. The van der Waals surface area contributed by atoms with Gasteiger partial charge in [-0.25, -0.2) is 0 Å². The van der Waals surface area contributed by atoms with Crippen molar-refractivity contribution >= 4 is 0 Å². The molecule has 0 radical (unpaired) electrons. The molecular weight excluding hydrogens is 192 g/mol. The summed E-state index contributed by atoms with van der Waals surface area (Å²) in [5.74, 6) is 1.45. The lowest BCUT2D eigenvalue weighted by molar-refractivity contribution is 0.187. The fraction of sp³-hybridized carbons (Fsp3) is 0.364. The number of rotatable bonds is 3. The lowest BCUT2D eigenvalue weighted by Crippen LogP contribution is -1.96. The van der Waals surface area contributed by atoms with Crippen molar-refractivity contribution in [3.8, 4) is 0 Å². The van der Waals surface area contributed by atoms with Gasteiger partial charge in [-0.1, -0.05) is 6.92 Å². The Morgan fingerprint density at radius 2 is 2.33 bits per heavy atom. The molecule has 0 aromatic carbocycles. The molecule has 2 aromatic heterocycles. The smallest absolute Gasteiger partial charge is 0.140 e. The van der Waals surface area contributed by atoms with E-state index in [1.54, 1.807) is 23.1 Å². The highest BCUT2D eigenvalue weighted by atomic mass is 16.4. The molecule has 0 bridgehead atoms. The molecule has 1 atom stereocenters. The number of nitrogens with zero attached hydrogens (tertiary/aromatic N) is 2. The molecule has 0 saturated heterocycles.